The second-order valence-electron chi connectivity index (χ2n) is 5.04. The monoisotopic (exact) mass is 321 g/mol. The average molecular weight is 321 g/mol. The summed E-state index contributed by atoms with van der Waals surface area (Å²) in [6.07, 6.45) is 8.18. The van der Waals surface area contributed by atoms with E-state index in [1.807, 2.05) is 17.7 Å². The second kappa shape index (κ2) is 7.79. The van der Waals surface area contributed by atoms with Crippen molar-refractivity contribution in [2.45, 2.75) is 39.3 Å². The summed E-state index contributed by atoms with van der Waals surface area (Å²) in [5.74, 6) is 0.334. The first-order chi connectivity index (χ1) is 10.6. The minimum absolute atomic E-state index is 0.0473. The van der Waals surface area contributed by atoms with Gasteiger partial charge in [0.15, 0.2) is 11.1 Å². The summed E-state index contributed by atoms with van der Waals surface area (Å²) in [5, 5.41) is 14.8. The number of thiazole rings is 1. The lowest BCUT2D eigenvalue weighted by molar-refractivity contribution is 0.447. The van der Waals surface area contributed by atoms with Gasteiger partial charge in [-0.1, -0.05) is 6.92 Å². The van der Waals surface area contributed by atoms with Gasteiger partial charge in [-0.15, -0.1) is 11.3 Å². The highest BCUT2D eigenvalue weighted by atomic mass is 32.1. The van der Waals surface area contributed by atoms with E-state index in [1.54, 1.807) is 23.9 Å². The van der Waals surface area contributed by atoms with E-state index in [-0.39, 0.29) is 6.17 Å². The fourth-order valence-electron chi connectivity index (χ4n) is 2.20. The first-order valence-corrected chi connectivity index (χ1v) is 8.20. The zero-order valence-corrected chi connectivity index (χ0v) is 13.8. The third-order valence-corrected chi connectivity index (χ3v) is 4.42. The molecule has 2 rings (SSSR count). The number of guanidine groups is 1. The number of anilines is 1. The number of nitrogens with one attached hydrogen (secondary N) is 3. The van der Waals surface area contributed by atoms with E-state index < -0.39 is 0 Å². The van der Waals surface area contributed by atoms with Gasteiger partial charge in [0.2, 0.25) is 0 Å². The molecule has 8 heteroatoms. The van der Waals surface area contributed by atoms with Crippen molar-refractivity contribution in [1.82, 2.24) is 25.2 Å². The van der Waals surface area contributed by atoms with Crippen molar-refractivity contribution in [3.8, 4) is 0 Å². The zero-order valence-electron chi connectivity index (χ0n) is 13.0. The van der Waals surface area contributed by atoms with Crippen LogP contribution in [0.1, 0.15) is 36.5 Å². The summed E-state index contributed by atoms with van der Waals surface area (Å²) >= 11 is 1.55. The van der Waals surface area contributed by atoms with Crippen LogP contribution in [0.25, 0.3) is 0 Å². The van der Waals surface area contributed by atoms with Gasteiger partial charge in [-0.05, 0) is 26.2 Å². The molecule has 0 saturated carbocycles. The van der Waals surface area contributed by atoms with E-state index in [1.165, 1.54) is 4.88 Å². The van der Waals surface area contributed by atoms with Crippen molar-refractivity contribution in [1.29, 1.82) is 5.41 Å². The molecule has 0 aliphatic heterocycles. The van der Waals surface area contributed by atoms with Gasteiger partial charge in [0, 0.05) is 23.8 Å². The predicted octanol–water partition coefficient (Wildman–Crippen LogP) is 1.89. The van der Waals surface area contributed by atoms with Crippen molar-refractivity contribution in [2.24, 2.45) is 0 Å². The van der Waals surface area contributed by atoms with Gasteiger partial charge in [-0.25, -0.2) is 9.97 Å². The van der Waals surface area contributed by atoms with Crippen molar-refractivity contribution in [3.05, 3.63) is 29.3 Å². The van der Waals surface area contributed by atoms with Crippen LogP contribution in [0.2, 0.25) is 0 Å². The van der Waals surface area contributed by atoms with E-state index >= 15 is 0 Å². The smallest absolute Gasteiger partial charge is 0.190 e. The quantitative estimate of drug-likeness (QED) is 0.354. The second-order valence-corrected chi connectivity index (χ2v) is 6.16. The van der Waals surface area contributed by atoms with Crippen LogP contribution in [-0.4, -0.2) is 27.0 Å². The number of hydrogen-bond donors (Lipinski definition) is 4. The molecule has 0 aromatic carbocycles. The molecule has 5 N–H and O–H groups in total. The highest BCUT2D eigenvalue weighted by Crippen LogP contribution is 2.20. The lowest BCUT2D eigenvalue weighted by Crippen LogP contribution is -2.40. The van der Waals surface area contributed by atoms with Gasteiger partial charge >= 0.3 is 0 Å². The number of hydrogen-bond acceptors (Lipinski definition) is 5. The van der Waals surface area contributed by atoms with E-state index in [0.717, 1.165) is 31.5 Å². The maximum absolute atomic E-state index is 7.97. The maximum Gasteiger partial charge on any atom is 0.190 e. The number of aromatic nitrogens is 3. The lowest BCUT2D eigenvalue weighted by Gasteiger charge is -2.20. The number of imidazole rings is 1. The normalized spacial score (nSPS) is 12.1. The van der Waals surface area contributed by atoms with Gasteiger partial charge in [-0.3, -0.25) is 5.41 Å². The molecule has 7 nitrogen and oxygen atoms in total. The Hall–Kier alpha value is -2.09. The fourth-order valence-corrected chi connectivity index (χ4v) is 3.08. The molecule has 1 atom stereocenters. The Morgan fingerprint density at radius 1 is 1.55 bits per heavy atom. The predicted molar refractivity (Wildman–Crippen MR) is 90.0 cm³/mol. The van der Waals surface area contributed by atoms with Crippen molar-refractivity contribution < 1.29 is 0 Å². The Morgan fingerprint density at radius 3 is 2.95 bits per heavy atom. The first kappa shape index (κ1) is 16.3. The van der Waals surface area contributed by atoms with Crippen LogP contribution in [0.3, 0.4) is 0 Å². The molecule has 0 saturated heterocycles. The SMILES string of the molecule is CCC(NC(=N)NCCCc1sc(N)nc1C)n1ccnc1. The largest absolute Gasteiger partial charge is 0.375 e. The molecule has 0 amide bonds. The molecule has 0 fully saturated rings. The molecule has 0 radical (unpaired) electrons. The van der Waals surface area contributed by atoms with Crippen LogP contribution in [-0.2, 0) is 6.42 Å². The molecule has 22 heavy (non-hydrogen) atoms. The Labute approximate surface area is 134 Å². The summed E-state index contributed by atoms with van der Waals surface area (Å²) < 4.78 is 1.96. The van der Waals surface area contributed by atoms with Crippen molar-refractivity contribution in [3.63, 3.8) is 0 Å². The zero-order chi connectivity index (χ0) is 15.9. The Kier molecular flexibility index (Phi) is 5.76. The number of nitrogens with two attached hydrogens (primary N) is 1. The van der Waals surface area contributed by atoms with Crippen LogP contribution < -0.4 is 16.4 Å². The third-order valence-electron chi connectivity index (χ3n) is 3.37. The van der Waals surface area contributed by atoms with Gasteiger partial charge < -0.3 is 20.9 Å². The Morgan fingerprint density at radius 2 is 2.36 bits per heavy atom. The van der Waals surface area contributed by atoms with Crippen molar-refractivity contribution in [2.75, 3.05) is 12.3 Å². The minimum atomic E-state index is 0.0473. The maximum atomic E-state index is 7.97. The molecule has 0 bridgehead atoms. The minimum Gasteiger partial charge on any atom is -0.375 e. The molecule has 0 spiro atoms. The lowest BCUT2D eigenvalue weighted by atomic mass is 10.2. The summed E-state index contributed by atoms with van der Waals surface area (Å²) in [5.41, 5.74) is 6.70. The molecule has 1 unspecified atom stereocenters. The van der Waals surface area contributed by atoms with Crippen LogP contribution in [0.5, 0.6) is 0 Å². The number of rotatable bonds is 7. The average Bonchev–Trinajstić information content (AvgIpc) is 3.11. The highest BCUT2D eigenvalue weighted by molar-refractivity contribution is 7.15. The number of aryl methyl sites for hydroxylation is 2. The number of nitrogen functional groups attached to an aromatic ring is 1. The van der Waals surface area contributed by atoms with Crippen LogP contribution >= 0.6 is 11.3 Å². The Bertz CT molecular complexity index is 590. The molecule has 2 aromatic rings. The van der Waals surface area contributed by atoms with Crippen molar-refractivity contribution >= 4 is 22.4 Å². The molecular weight excluding hydrogens is 298 g/mol. The number of nitrogens with zero attached hydrogens (tertiary/aromatic N) is 3. The highest BCUT2D eigenvalue weighted by Gasteiger charge is 2.09. The fraction of sp³-hybridized carbons (Fsp3) is 0.500. The first-order valence-electron chi connectivity index (χ1n) is 7.38. The molecule has 120 valence electrons. The molecule has 2 heterocycles. The molecule has 2 aromatic heterocycles. The third kappa shape index (κ3) is 4.45. The van der Waals surface area contributed by atoms with Crippen LogP contribution in [0.4, 0.5) is 5.13 Å². The Balaban J connectivity index is 1.70. The molecular formula is C14H23N7S. The summed E-state index contributed by atoms with van der Waals surface area (Å²) in [6.45, 7) is 4.79. The van der Waals surface area contributed by atoms with E-state index in [0.29, 0.717) is 11.1 Å². The van der Waals surface area contributed by atoms with E-state index in [2.05, 4.69) is 27.5 Å². The van der Waals surface area contributed by atoms with E-state index in [4.69, 9.17) is 11.1 Å². The molecule has 0 aliphatic rings. The summed E-state index contributed by atoms with van der Waals surface area (Å²) in [6, 6.07) is 0. The summed E-state index contributed by atoms with van der Waals surface area (Å²) in [4.78, 5) is 9.48. The van der Waals surface area contributed by atoms with Gasteiger partial charge in [-0.2, -0.15) is 0 Å². The van der Waals surface area contributed by atoms with E-state index in [9.17, 15) is 0 Å². The van der Waals surface area contributed by atoms with Crippen LogP contribution in [0.15, 0.2) is 18.7 Å². The molecule has 0 aliphatic carbocycles. The van der Waals surface area contributed by atoms with Gasteiger partial charge in [0.05, 0.1) is 12.0 Å². The van der Waals surface area contributed by atoms with Gasteiger partial charge in [0.1, 0.15) is 6.17 Å². The topological polar surface area (TPSA) is 105 Å². The standard InChI is InChI=1S/C14H23N7S/c1-3-12(21-8-7-17-9-21)20-13(15)18-6-4-5-11-10(2)19-14(16)22-11/h7-9,12H,3-6H2,1-2H3,(H2,16,19)(H3,15,18,20). The van der Waals surface area contributed by atoms with Crippen LogP contribution in [0, 0.1) is 12.3 Å². The van der Waals surface area contributed by atoms with Gasteiger partial charge in [0.25, 0.3) is 0 Å². The summed E-state index contributed by atoms with van der Waals surface area (Å²) in [7, 11) is 0.